The number of furan rings is 1. The van der Waals surface area contributed by atoms with Crippen LogP contribution < -0.4 is 4.90 Å². The van der Waals surface area contributed by atoms with Crippen LogP contribution in [0.15, 0.2) is 215 Å². The lowest BCUT2D eigenvalue weighted by atomic mass is 9.96. The molecular weight excluding hydrogens is 697 g/mol. The average Bonchev–Trinajstić information content (AvgIpc) is 3.90. The summed E-state index contributed by atoms with van der Waals surface area (Å²) >= 11 is 0. The van der Waals surface area contributed by atoms with Gasteiger partial charge in [0.2, 0.25) is 5.89 Å². The molecule has 0 aliphatic carbocycles. The number of rotatable bonds is 7. The van der Waals surface area contributed by atoms with Crippen LogP contribution in [0.4, 0.5) is 17.1 Å². The Labute approximate surface area is 329 Å². The largest absolute Gasteiger partial charge is 0.456 e. The predicted molar refractivity (Wildman–Crippen MR) is 235 cm³/mol. The summed E-state index contributed by atoms with van der Waals surface area (Å²) in [4.78, 5) is 7.43. The molecule has 0 saturated carbocycles. The van der Waals surface area contributed by atoms with E-state index in [0.29, 0.717) is 5.89 Å². The van der Waals surface area contributed by atoms with Crippen molar-refractivity contribution in [2.24, 2.45) is 0 Å². The number of oxazole rings is 1. The van der Waals surface area contributed by atoms with Crippen molar-refractivity contribution in [1.29, 1.82) is 0 Å². The minimum absolute atomic E-state index is 0.602. The Morgan fingerprint density at radius 1 is 0.351 bits per heavy atom. The van der Waals surface area contributed by atoms with Crippen molar-refractivity contribution < 1.29 is 8.83 Å². The third kappa shape index (κ3) is 5.74. The molecule has 268 valence electrons. The van der Waals surface area contributed by atoms with Gasteiger partial charge in [-0.25, -0.2) is 4.98 Å². The highest BCUT2D eigenvalue weighted by Crippen LogP contribution is 2.45. The Morgan fingerprint density at radius 3 is 1.65 bits per heavy atom. The Hall–Kier alpha value is -7.69. The van der Waals surface area contributed by atoms with Crippen molar-refractivity contribution in [3.8, 4) is 44.8 Å². The molecule has 0 aliphatic rings. The van der Waals surface area contributed by atoms with Gasteiger partial charge in [-0.2, -0.15) is 0 Å². The van der Waals surface area contributed by atoms with Crippen molar-refractivity contribution in [3.63, 3.8) is 0 Å². The third-order valence-corrected chi connectivity index (χ3v) is 10.9. The monoisotopic (exact) mass is 730 g/mol. The molecule has 9 aromatic carbocycles. The predicted octanol–water partition coefficient (Wildman–Crippen LogP) is 15.0. The lowest BCUT2D eigenvalue weighted by Gasteiger charge is -2.27. The molecule has 0 spiro atoms. The van der Waals surface area contributed by atoms with Gasteiger partial charge in [0.25, 0.3) is 0 Å². The van der Waals surface area contributed by atoms with Crippen LogP contribution in [0.2, 0.25) is 0 Å². The van der Waals surface area contributed by atoms with Gasteiger partial charge in [0.1, 0.15) is 16.7 Å². The highest BCUT2D eigenvalue weighted by Gasteiger charge is 2.21. The van der Waals surface area contributed by atoms with Crippen molar-refractivity contribution in [2.45, 2.75) is 0 Å². The highest BCUT2D eigenvalue weighted by molar-refractivity contribution is 6.14. The maximum atomic E-state index is 6.59. The van der Waals surface area contributed by atoms with Crippen LogP contribution in [-0.2, 0) is 0 Å². The first-order valence-corrected chi connectivity index (χ1v) is 19.2. The second-order valence-corrected chi connectivity index (χ2v) is 14.3. The van der Waals surface area contributed by atoms with E-state index in [4.69, 9.17) is 13.8 Å². The number of hydrogen-bond acceptors (Lipinski definition) is 4. The van der Waals surface area contributed by atoms with Crippen LogP contribution in [0.3, 0.4) is 0 Å². The topological polar surface area (TPSA) is 42.4 Å². The van der Waals surface area contributed by atoms with Gasteiger partial charge in [-0.1, -0.05) is 146 Å². The van der Waals surface area contributed by atoms with E-state index in [1.807, 2.05) is 18.2 Å². The van der Waals surface area contributed by atoms with E-state index in [-0.39, 0.29) is 0 Å². The molecule has 0 radical (unpaired) electrons. The van der Waals surface area contributed by atoms with E-state index in [9.17, 15) is 0 Å². The molecule has 0 N–H and O–H groups in total. The standard InChI is InChI=1S/C53H34N2O2/c1-3-14-35(15-4-1)37-28-30-38(31-29-37)53-54-52-44-23-8-7-22-43(44)46(34-50(52)57-53)40-19-12-21-42(33-40)55(41-20-11-18-39(32-41)36-16-5-2-6-17-36)47-25-13-27-49-51(47)45-24-9-10-26-48(45)56-49/h1-34H. The van der Waals surface area contributed by atoms with E-state index >= 15 is 0 Å². The second-order valence-electron chi connectivity index (χ2n) is 14.3. The molecule has 2 aromatic heterocycles. The van der Waals surface area contributed by atoms with Gasteiger partial charge >= 0.3 is 0 Å². The number of hydrogen-bond donors (Lipinski definition) is 0. The van der Waals surface area contributed by atoms with Gasteiger partial charge in [0.05, 0.1) is 11.1 Å². The van der Waals surface area contributed by atoms with E-state index in [1.165, 1.54) is 11.1 Å². The molecule has 2 heterocycles. The molecule has 0 saturated heterocycles. The van der Waals surface area contributed by atoms with E-state index in [2.05, 4.69) is 193 Å². The lowest BCUT2D eigenvalue weighted by Crippen LogP contribution is -2.10. The zero-order valence-electron chi connectivity index (χ0n) is 30.8. The maximum absolute atomic E-state index is 6.59. The zero-order valence-corrected chi connectivity index (χ0v) is 30.8. The van der Waals surface area contributed by atoms with Crippen molar-refractivity contribution in [2.75, 3.05) is 4.90 Å². The van der Waals surface area contributed by atoms with Gasteiger partial charge < -0.3 is 13.7 Å². The number of fused-ring (bicyclic) bond motifs is 6. The molecule has 4 heteroatoms. The average molecular weight is 731 g/mol. The third-order valence-electron chi connectivity index (χ3n) is 10.9. The summed E-state index contributed by atoms with van der Waals surface area (Å²) in [5, 5.41) is 4.31. The van der Waals surface area contributed by atoms with Gasteiger partial charge in [-0.3, -0.25) is 0 Å². The Morgan fingerprint density at radius 2 is 0.895 bits per heavy atom. The molecule has 0 atom stereocenters. The maximum Gasteiger partial charge on any atom is 0.227 e. The van der Waals surface area contributed by atoms with Gasteiger partial charge in [0.15, 0.2) is 5.58 Å². The van der Waals surface area contributed by atoms with Crippen molar-refractivity contribution in [1.82, 2.24) is 4.98 Å². The fourth-order valence-electron chi connectivity index (χ4n) is 8.19. The first kappa shape index (κ1) is 32.7. The van der Waals surface area contributed by atoms with E-state index in [0.717, 1.165) is 88.7 Å². The lowest BCUT2D eigenvalue weighted by molar-refractivity contribution is 0.620. The number of aromatic nitrogens is 1. The van der Waals surface area contributed by atoms with E-state index < -0.39 is 0 Å². The summed E-state index contributed by atoms with van der Waals surface area (Å²) in [5.41, 5.74) is 14.2. The number of anilines is 3. The summed E-state index contributed by atoms with van der Waals surface area (Å²) in [6, 6.07) is 72.2. The van der Waals surface area contributed by atoms with Crippen LogP contribution in [0.1, 0.15) is 0 Å². The molecular formula is C53H34N2O2. The van der Waals surface area contributed by atoms with E-state index in [1.54, 1.807) is 0 Å². The molecule has 11 rings (SSSR count). The van der Waals surface area contributed by atoms with Gasteiger partial charge in [0, 0.05) is 27.7 Å². The Kier molecular flexibility index (Phi) is 7.78. The summed E-state index contributed by atoms with van der Waals surface area (Å²) < 4.78 is 13.0. The molecule has 4 nitrogen and oxygen atoms in total. The van der Waals surface area contributed by atoms with Crippen LogP contribution in [0.25, 0.3) is 88.6 Å². The van der Waals surface area contributed by atoms with Gasteiger partial charge in [-0.05, 0) is 99.4 Å². The fraction of sp³-hybridized carbons (Fsp3) is 0. The quantitative estimate of drug-likeness (QED) is 0.164. The van der Waals surface area contributed by atoms with Crippen LogP contribution >= 0.6 is 0 Å². The van der Waals surface area contributed by atoms with Crippen molar-refractivity contribution >= 4 is 60.9 Å². The Bertz CT molecular complexity index is 3240. The van der Waals surface area contributed by atoms with Crippen LogP contribution in [0, 0.1) is 0 Å². The summed E-state index contributed by atoms with van der Waals surface area (Å²) in [6.45, 7) is 0. The molecule has 11 aromatic rings. The highest BCUT2D eigenvalue weighted by atomic mass is 16.3. The molecule has 57 heavy (non-hydrogen) atoms. The second kappa shape index (κ2) is 13.6. The number of nitrogens with zero attached hydrogens (tertiary/aromatic N) is 2. The zero-order chi connectivity index (χ0) is 37.7. The van der Waals surface area contributed by atoms with Crippen LogP contribution in [0.5, 0.6) is 0 Å². The summed E-state index contributed by atoms with van der Waals surface area (Å²) in [6.07, 6.45) is 0. The fourth-order valence-corrected chi connectivity index (χ4v) is 8.19. The minimum Gasteiger partial charge on any atom is -0.456 e. The van der Waals surface area contributed by atoms with Crippen LogP contribution in [-0.4, -0.2) is 4.98 Å². The molecule has 0 unspecified atom stereocenters. The van der Waals surface area contributed by atoms with Gasteiger partial charge in [-0.15, -0.1) is 0 Å². The first-order valence-electron chi connectivity index (χ1n) is 19.2. The molecule has 0 amide bonds. The first-order chi connectivity index (χ1) is 28.2. The normalized spacial score (nSPS) is 11.5. The Balaban J connectivity index is 1.07. The summed E-state index contributed by atoms with van der Waals surface area (Å²) in [5.74, 6) is 0.602. The SMILES string of the molecule is c1ccc(-c2ccc(-c3nc4c(cc(-c5cccc(N(c6cccc(-c7ccccc7)c6)c6cccc7oc8ccccc8c67)c5)c5ccccc54)o3)cc2)cc1. The molecule has 0 bridgehead atoms. The number of para-hydroxylation sites is 1. The number of benzene rings is 9. The molecule has 0 fully saturated rings. The molecule has 0 aliphatic heterocycles. The van der Waals surface area contributed by atoms with Crippen molar-refractivity contribution in [3.05, 3.63) is 206 Å². The smallest absolute Gasteiger partial charge is 0.227 e. The summed E-state index contributed by atoms with van der Waals surface area (Å²) in [7, 11) is 0. The minimum atomic E-state index is 0.602.